The van der Waals surface area contributed by atoms with Crippen LogP contribution in [-0.2, 0) is 4.79 Å². The van der Waals surface area contributed by atoms with Crippen molar-refractivity contribution in [3.05, 3.63) is 22.4 Å². The highest BCUT2D eigenvalue weighted by Gasteiger charge is 2.28. The first-order chi connectivity index (χ1) is 8.66. The predicted molar refractivity (Wildman–Crippen MR) is 78.8 cm³/mol. The molecule has 1 unspecified atom stereocenters. The van der Waals surface area contributed by atoms with Gasteiger partial charge in [-0.1, -0.05) is 6.07 Å². The van der Waals surface area contributed by atoms with Crippen molar-refractivity contribution < 1.29 is 9.59 Å². The smallest absolute Gasteiger partial charge is 0.220 e. The highest BCUT2D eigenvalue weighted by Crippen LogP contribution is 2.31. The lowest BCUT2D eigenvalue weighted by atomic mass is 10.1. The van der Waals surface area contributed by atoms with Crippen LogP contribution in [-0.4, -0.2) is 24.3 Å². The molecule has 1 aromatic rings. The van der Waals surface area contributed by atoms with Gasteiger partial charge in [-0.05, 0) is 30.2 Å². The number of carbonyl (C=O) groups is 2. The summed E-state index contributed by atoms with van der Waals surface area (Å²) in [5.74, 6) is 0.528. The maximum atomic E-state index is 11.7. The van der Waals surface area contributed by atoms with E-state index < -0.39 is 0 Å². The van der Waals surface area contributed by atoms with Crippen LogP contribution in [0.5, 0.6) is 0 Å². The van der Waals surface area contributed by atoms with Crippen molar-refractivity contribution in [3.8, 4) is 0 Å². The minimum atomic E-state index is -0.0870. The minimum Gasteiger partial charge on any atom is -0.355 e. The van der Waals surface area contributed by atoms with Crippen LogP contribution in [0.2, 0.25) is 0 Å². The van der Waals surface area contributed by atoms with Crippen LogP contribution in [0.3, 0.4) is 0 Å². The van der Waals surface area contributed by atoms with E-state index >= 15 is 0 Å². The van der Waals surface area contributed by atoms with Gasteiger partial charge in [0.15, 0.2) is 5.78 Å². The number of amides is 1. The third kappa shape index (κ3) is 5.30. The number of hydrogen-bond acceptors (Lipinski definition) is 4. The molecule has 1 saturated carbocycles. The second-order valence-electron chi connectivity index (χ2n) is 4.71. The van der Waals surface area contributed by atoms with Crippen LogP contribution in [0.25, 0.3) is 0 Å². The molecule has 0 aliphatic heterocycles. The Kier molecular flexibility index (Phi) is 6.48. The standard InChI is InChI=1S/C13H18N2O2S.ClH/c14-10(9-3-4-9)8-15-13(17)6-5-11(16)12-2-1-7-18-12;/h1-2,7,9-10H,3-6,8,14H2,(H,15,17);1H. The second kappa shape index (κ2) is 7.62. The number of carbonyl (C=O) groups excluding carboxylic acids is 2. The van der Waals surface area contributed by atoms with Gasteiger partial charge in [0.1, 0.15) is 0 Å². The lowest BCUT2D eigenvalue weighted by Crippen LogP contribution is -2.38. The van der Waals surface area contributed by atoms with Crippen LogP contribution in [0.4, 0.5) is 0 Å². The summed E-state index contributed by atoms with van der Waals surface area (Å²) in [5.41, 5.74) is 5.88. The van der Waals surface area contributed by atoms with Gasteiger partial charge in [-0.15, -0.1) is 23.7 Å². The van der Waals surface area contributed by atoms with Crippen molar-refractivity contribution in [3.63, 3.8) is 0 Å². The molecule has 0 saturated heterocycles. The van der Waals surface area contributed by atoms with Crippen LogP contribution in [0, 0.1) is 5.92 Å². The number of halogens is 1. The van der Waals surface area contributed by atoms with E-state index in [0.29, 0.717) is 12.5 Å². The number of rotatable bonds is 7. The average molecular weight is 303 g/mol. The third-order valence-corrected chi connectivity index (χ3v) is 4.05. The Labute approximate surface area is 123 Å². The normalized spacial score (nSPS) is 15.4. The maximum absolute atomic E-state index is 11.7. The van der Waals surface area contributed by atoms with E-state index in [4.69, 9.17) is 5.73 Å². The zero-order valence-electron chi connectivity index (χ0n) is 10.6. The summed E-state index contributed by atoms with van der Waals surface area (Å²) in [7, 11) is 0. The van der Waals surface area contributed by atoms with Crippen LogP contribution in [0.1, 0.15) is 35.4 Å². The van der Waals surface area contributed by atoms with E-state index in [1.807, 2.05) is 11.4 Å². The number of ketones is 1. The SMILES string of the molecule is Cl.NC(CNC(=O)CCC(=O)c1cccs1)C1CC1. The molecule has 6 heteroatoms. The van der Waals surface area contributed by atoms with Gasteiger partial charge in [0.25, 0.3) is 0 Å². The molecular weight excluding hydrogens is 284 g/mol. The Balaban J connectivity index is 0.00000180. The number of Topliss-reactive ketones (excluding diaryl/α,β-unsaturated/α-hetero) is 1. The lowest BCUT2D eigenvalue weighted by molar-refractivity contribution is -0.121. The van der Waals surface area contributed by atoms with Crippen molar-refractivity contribution >= 4 is 35.4 Å². The van der Waals surface area contributed by atoms with Crippen molar-refractivity contribution in [2.45, 2.75) is 31.7 Å². The van der Waals surface area contributed by atoms with E-state index in [9.17, 15) is 9.59 Å². The van der Waals surface area contributed by atoms with Crippen LogP contribution >= 0.6 is 23.7 Å². The Morgan fingerprint density at radius 3 is 2.74 bits per heavy atom. The first-order valence-corrected chi connectivity index (χ1v) is 7.14. The van der Waals surface area contributed by atoms with Gasteiger partial charge in [0.2, 0.25) is 5.91 Å². The van der Waals surface area contributed by atoms with Crippen LogP contribution < -0.4 is 11.1 Å². The molecule has 0 bridgehead atoms. The summed E-state index contributed by atoms with van der Waals surface area (Å²) < 4.78 is 0. The average Bonchev–Trinajstić information content (AvgIpc) is 3.08. The summed E-state index contributed by atoms with van der Waals surface area (Å²) in [4.78, 5) is 23.9. The highest BCUT2D eigenvalue weighted by atomic mass is 35.5. The van der Waals surface area contributed by atoms with Gasteiger partial charge in [0, 0.05) is 25.4 Å². The van der Waals surface area contributed by atoms with Crippen molar-refractivity contribution in [2.24, 2.45) is 11.7 Å². The Bertz CT molecular complexity index is 418. The van der Waals surface area contributed by atoms with Crippen LogP contribution in [0.15, 0.2) is 17.5 Å². The van der Waals surface area contributed by atoms with E-state index in [0.717, 1.165) is 4.88 Å². The number of hydrogen-bond donors (Lipinski definition) is 2. The monoisotopic (exact) mass is 302 g/mol. The van der Waals surface area contributed by atoms with E-state index in [1.54, 1.807) is 6.07 Å². The molecule has 1 heterocycles. The summed E-state index contributed by atoms with van der Waals surface area (Å²) in [6, 6.07) is 3.70. The fourth-order valence-electron chi connectivity index (χ4n) is 1.80. The lowest BCUT2D eigenvalue weighted by Gasteiger charge is -2.11. The number of nitrogens with two attached hydrogens (primary N) is 1. The molecule has 1 atom stereocenters. The topological polar surface area (TPSA) is 72.2 Å². The van der Waals surface area contributed by atoms with E-state index in [-0.39, 0.29) is 43.0 Å². The second-order valence-corrected chi connectivity index (χ2v) is 5.65. The molecule has 106 valence electrons. The molecule has 0 radical (unpaired) electrons. The summed E-state index contributed by atoms with van der Waals surface area (Å²) in [6.07, 6.45) is 2.86. The molecule has 19 heavy (non-hydrogen) atoms. The zero-order valence-corrected chi connectivity index (χ0v) is 12.3. The number of thiophene rings is 1. The highest BCUT2D eigenvalue weighted by molar-refractivity contribution is 7.12. The van der Waals surface area contributed by atoms with Gasteiger partial charge >= 0.3 is 0 Å². The van der Waals surface area contributed by atoms with Gasteiger partial charge in [-0.25, -0.2) is 0 Å². The molecule has 1 amide bonds. The van der Waals surface area contributed by atoms with Gasteiger partial charge < -0.3 is 11.1 Å². The van der Waals surface area contributed by atoms with E-state index in [2.05, 4.69) is 5.32 Å². The van der Waals surface area contributed by atoms with Gasteiger partial charge in [-0.3, -0.25) is 9.59 Å². The molecule has 1 fully saturated rings. The zero-order chi connectivity index (χ0) is 13.0. The Morgan fingerprint density at radius 2 is 2.16 bits per heavy atom. The molecule has 0 aromatic carbocycles. The quantitative estimate of drug-likeness (QED) is 0.757. The molecule has 1 aliphatic rings. The molecule has 0 spiro atoms. The number of nitrogens with one attached hydrogen (secondary N) is 1. The van der Waals surface area contributed by atoms with E-state index in [1.165, 1.54) is 24.2 Å². The molecular formula is C13H19ClN2O2S. The van der Waals surface area contributed by atoms with Crippen molar-refractivity contribution in [1.82, 2.24) is 5.32 Å². The molecule has 1 aliphatic carbocycles. The summed E-state index contributed by atoms with van der Waals surface area (Å²) in [6.45, 7) is 0.524. The first-order valence-electron chi connectivity index (χ1n) is 6.26. The molecule has 1 aromatic heterocycles. The molecule has 2 rings (SSSR count). The van der Waals surface area contributed by atoms with Crippen molar-refractivity contribution in [2.75, 3.05) is 6.54 Å². The molecule has 4 nitrogen and oxygen atoms in total. The first kappa shape index (κ1) is 16.1. The fourth-order valence-corrected chi connectivity index (χ4v) is 2.49. The van der Waals surface area contributed by atoms with Gasteiger partial charge in [-0.2, -0.15) is 0 Å². The summed E-state index contributed by atoms with van der Waals surface area (Å²) in [5, 5.41) is 4.65. The Hall–Kier alpha value is -0.910. The minimum absolute atomic E-state index is 0. The Morgan fingerprint density at radius 1 is 1.42 bits per heavy atom. The maximum Gasteiger partial charge on any atom is 0.220 e. The predicted octanol–water partition coefficient (Wildman–Crippen LogP) is 1.99. The summed E-state index contributed by atoms with van der Waals surface area (Å²) >= 11 is 1.41. The molecule has 3 N–H and O–H groups in total. The third-order valence-electron chi connectivity index (χ3n) is 3.14. The largest absolute Gasteiger partial charge is 0.355 e. The fraction of sp³-hybridized carbons (Fsp3) is 0.538. The van der Waals surface area contributed by atoms with Crippen molar-refractivity contribution in [1.29, 1.82) is 0 Å². The van der Waals surface area contributed by atoms with Gasteiger partial charge in [0.05, 0.1) is 4.88 Å².